The number of nitriles is 1. The lowest BCUT2D eigenvalue weighted by Gasteiger charge is -2.30. The van der Waals surface area contributed by atoms with Gasteiger partial charge in [0, 0.05) is 19.1 Å². The molecule has 2 saturated heterocycles. The number of ether oxygens (including phenoxy) is 1. The first-order chi connectivity index (χ1) is 14.3. The van der Waals surface area contributed by atoms with Crippen molar-refractivity contribution in [1.29, 1.82) is 5.26 Å². The van der Waals surface area contributed by atoms with E-state index in [9.17, 15) is 14.9 Å². The first-order valence-corrected chi connectivity index (χ1v) is 10.8. The van der Waals surface area contributed by atoms with Crippen LogP contribution >= 0.6 is 0 Å². The molecule has 0 aromatic heterocycles. The van der Waals surface area contributed by atoms with Crippen molar-refractivity contribution < 1.29 is 14.3 Å². The molecule has 2 aliphatic heterocycles. The van der Waals surface area contributed by atoms with E-state index >= 15 is 0 Å². The molecule has 30 heavy (non-hydrogen) atoms. The van der Waals surface area contributed by atoms with Crippen LogP contribution in [0.4, 0.5) is 4.79 Å². The number of amides is 2. The van der Waals surface area contributed by atoms with Crippen LogP contribution in [0.5, 0.6) is 0 Å². The Morgan fingerprint density at radius 1 is 1.23 bits per heavy atom. The highest BCUT2D eigenvalue weighted by Crippen LogP contribution is 2.26. The number of likely N-dealkylation sites (tertiary alicyclic amines) is 2. The van der Waals surface area contributed by atoms with Gasteiger partial charge in [0.25, 0.3) is 0 Å². The van der Waals surface area contributed by atoms with Crippen molar-refractivity contribution in [1.82, 2.24) is 15.1 Å². The predicted octanol–water partition coefficient (Wildman–Crippen LogP) is 2.71. The fraction of sp³-hybridized carbons (Fsp3) is 0.609. The van der Waals surface area contributed by atoms with Crippen LogP contribution in [0.25, 0.3) is 0 Å². The minimum absolute atomic E-state index is 0.0123. The van der Waals surface area contributed by atoms with Crippen LogP contribution in [0, 0.1) is 11.3 Å². The summed E-state index contributed by atoms with van der Waals surface area (Å²) in [5.41, 5.74) is 0.611. The van der Waals surface area contributed by atoms with Crippen molar-refractivity contribution in [2.75, 3.05) is 19.6 Å². The van der Waals surface area contributed by atoms with Gasteiger partial charge in [-0.1, -0.05) is 30.3 Å². The molecule has 3 rings (SSSR count). The van der Waals surface area contributed by atoms with Crippen molar-refractivity contribution in [3.63, 3.8) is 0 Å². The molecule has 7 heteroatoms. The molecule has 1 N–H and O–H groups in total. The Morgan fingerprint density at radius 2 is 1.97 bits per heavy atom. The Hall–Kier alpha value is -2.59. The Bertz CT molecular complexity index is 784. The highest BCUT2D eigenvalue weighted by Gasteiger charge is 2.44. The predicted molar refractivity (Wildman–Crippen MR) is 114 cm³/mol. The second-order valence-electron chi connectivity index (χ2n) is 9.09. The van der Waals surface area contributed by atoms with E-state index in [0.717, 1.165) is 19.4 Å². The third-order valence-electron chi connectivity index (χ3n) is 5.59. The van der Waals surface area contributed by atoms with Crippen LogP contribution in [0.1, 0.15) is 45.6 Å². The molecule has 0 aliphatic carbocycles. The topological polar surface area (TPSA) is 85.7 Å². The van der Waals surface area contributed by atoms with Gasteiger partial charge < -0.3 is 15.0 Å². The molecule has 3 atom stereocenters. The van der Waals surface area contributed by atoms with Gasteiger partial charge in [-0.05, 0) is 58.6 Å². The fourth-order valence-corrected chi connectivity index (χ4v) is 4.16. The maximum Gasteiger partial charge on any atom is 0.411 e. The Labute approximate surface area is 179 Å². The molecule has 0 spiro atoms. The summed E-state index contributed by atoms with van der Waals surface area (Å²) in [4.78, 5) is 29.2. The quantitative estimate of drug-likeness (QED) is 0.804. The number of hydrogen-bond donors (Lipinski definition) is 1. The molecule has 1 aromatic rings. The van der Waals surface area contributed by atoms with Gasteiger partial charge in [-0.15, -0.1) is 0 Å². The summed E-state index contributed by atoms with van der Waals surface area (Å²) >= 11 is 0. The van der Waals surface area contributed by atoms with Crippen molar-refractivity contribution in [3.8, 4) is 6.07 Å². The molecule has 7 nitrogen and oxygen atoms in total. The fourth-order valence-electron chi connectivity index (χ4n) is 4.16. The summed E-state index contributed by atoms with van der Waals surface area (Å²) in [5, 5.41) is 12.9. The number of carbonyl (C=O) groups is 2. The number of carbonyl (C=O) groups excluding carboxylic acids is 2. The molecule has 162 valence electrons. The van der Waals surface area contributed by atoms with Gasteiger partial charge >= 0.3 is 6.09 Å². The smallest absolute Gasteiger partial charge is 0.411 e. The van der Waals surface area contributed by atoms with Gasteiger partial charge in [-0.3, -0.25) is 9.69 Å². The zero-order valence-corrected chi connectivity index (χ0v) is 18.1. The van der Waals surface area contributed by atoms with Crippen LogP contribution in [-0.4, -0.2) is 65.2 Å². The van der Waals surface area contributed by atoms with E-state index in [2.05, 4.69) is 23.5 Å². The van der Waals surface area contributed by atoms with Crippen LogP contribution in [0.15, 0.2) is 30.3 Å². The summed E-state index contributed by atoms with van der Waals surface area (Å²) in [5.74, 6) is -0.141. The third-order valence-corrected chi connectivity index (χ3v) is 5.59. The number of rotatable bonds is 5. The lowest BCUT2D eigenvalue weighted by Crippen LogP contribution is -2.50. The van der Waals surface area contributed by atoms with E-state index in [1.807, 2.05) is 39.0 Å². The summed E-state index contributed by atoms with van der Waals surface area (Å²) in [6.07, 6.45) is 2.45. The summed E-state index contributed by atoms with van der Waals surface area (Å²) < 4.78 is 5.56. The molecule has 2 unspecified atom stereocenters. The molecule has 0 bridgehead atoms. The molecule has 2 heterocycles. The maximum absolute atomic E-state index is 13.2. The second-order valence-corrected chi connectivity index (χ2v) is 9.09. The molecule has 2 amide bonds. The summed E-state index contributed by atoms with van der Waals surface area (Å²) in [7, 11) is 0. The maximum atomic E-state index is 13.2. The summed E-state index contributed by atoms with van der Waals surface area (Å²) in [6.45, 7) is 7.22. The molecule has 1 aromatic carbocycles. The van der Waals surface area contributed by atoms with Gasteiger partial charge in [-0.25, -0.2) is 4.79 Å². The van der Waals surface area contributed by atoms with Crippen molar-refractivity contribution in [2.24, 2.45) is 0 Å². The third kappa shape index (κ3) is 5.51. The number of nitrogens with zero attached hydrogens (tertiary/aromatic N) is 3. The Balaban J connectivity index is 1.66. The highest BCUT2D eigenvalue weighted by atomic mass is 16.6. The Morgan fingerprint density at radius 3 is 2.63 bits per heavy atom. The normalized spacial score (nSPS) is 24.0. The van der Waals surface area contributed by atoms with Gasteiger partial charge in [-0.2, -0.15) is 5.26 Å². The van der Waals surface area contributed by atoms with Crippen LogP contribution < -0.4 is 5.32 Å². The first-order valence-electron chi connectivity index (χ1n) is 10.8. The lowest BCUT2D eigenvalue weighted by molar-refractivity contribution is -0.135. The van der Waals surface area contributed by atoms with Crippen LogP contribution in [0.2, 0.25) is 0 Å². The largest absolute Gasteiger partial charge is 0.444 e. The molecule has 2 fully saturated rings. The first kappa shape index (κ1) is 22.1. The zero-order chi connectivity index (χ0) is 21.7. The van der Waals surface area contributed by atoms with Crippen LogP contribution in [0.3, 0.4) is 0 Å². The van der Waals surface area contributed by atoms with Gasteiger partial charge in [0.2, 0.25) is 5.91 Å². The van der Waals surface area contributed by atoms with Crippen molar-refractivity contribution in [3.05, 3.63) is 35.9 Å². The summed E-state index contributed by atoms with van der Waals surface area (Å²) in [6, 6.07) is 11.4. The standard InChI is InChI=1S/C23H32N4O3/c1-23(2,3)30-22(29)27-16-18(25-12-11-17-8-5-4-6-9-17)14-20(27)21(28)26-13-7-10-19(26)15-24/h4-6,8-9,18-20,25H,7,10-14,16H2,1-3H3/t18?,19-,20?/m0/s1. The molecular formula is C23H32N4O3. The van der Waals surface area contributed by atoms with E-state index in [-0.39, 0.29) is 11.9 Å². The van der Waals surface area contributed by atoms with Gasteiger partial charge in [0.05, 0.1) is 6.07 Å². The van der Waals surface area contributed by atoms with E-state index < -0.39 is 23.8 Å². The average molecular weight is 413 g/mol. The van der Waals surface area contributed by atoms with Gasteiger partial charge in [0.1, 0.15) is 17.7 Å². The number of benzene rings is 1. The second kappa shape index (κ2) is 9.48. The average Bonchev–Trinajstić information content (AvgIpc) is 3.34. The number of nitrogens with one attached hydrogen (secondary N) is 1. The monoisotopic (exact) mass is 412 g/mol. The highest BCUT2D eigenvalue weighted by molar-refractivity contribution is 5.87. The van der Waals surface area contributed by atoms with Crippen molar-refractivity contribution in [2.45, 2.75) is 70.2 Å². The van der Waals surface area contributed by atoms with Crippen molar-refractivity contribution >= 4 is 12.0 Å². The molecule has 2 aliphatic rings. The SMILES string of the molecule is CC(C)(C)OC(=O)N1CC(NCCc2ccccc2)CC1C(=O)N1CCC[C@H]1C#N. The van der Waals surface area contributed by atoms with Gasteiger partial charge in [0.15, 0.2) is 0 Å². The molecule has 0 saturated carbocycles. The van der Waals surface area contributed by atoms with E-state index in [1.165, 1.54) is 5.56 Å². The lowest BCUT2D eigenvalue weighted by atomic mass is 10.1. The minimum Gasteiger partial charge on any atom is -0.444 e. The van der Waals surface area contributed by atoms with E-state index in [4.69, 9.17) is 4.74 Å². The Kier molecular flexibility index (Phi) is 6.99. The van der Waals surface area contributed by atoms with E-state index in [1.54, 1.807) is 9.80 Å². The molecular weight excluding hydrogens is 380 g/mol. The van der Waals surface area contributed by atoms with Crippen LogP contribution in [-0.2, 0) is 16.0 Å². The molecule has 0 radical (unpaired) electrons. The number of hydrogen-bond acceptors (Lipinski definition) is 5. The minimum atomic E-state index is -0.633. The zero-order valence-electron chi connectivity index (χ0n) is 18.1. The van der Waals surface area contributed by atoms with E-state index in [0.29, 0.717) is 25.9 Å².